The van der Waals surface area contributed by atoms with Crippen LogP contribution < -0.4 is 0 Å². The van der Waals surface area contributed by atoms with Crippen LogP contribution in [0.25, 0.3) is 0 Å². The summed E-state index contributed by atoms with van der Waals surface area (Å²) in [5.74, 6) is 9.10. The van der Waals surface area contributed by atoms with E-state index < -0.39 is 14.0 Å². The predicted molar refractivity (Wildman–Crippen MR) is 99.4 cm³/mol. The molecule has 1 rings (SSSR count). The Bertz CT molecular complexity index is 600. The molecular formula is C20H30O2Si. The van der Waals surface area contributed by atoms with Gasteiger partial charge in [-0.3, -0.25) is 0 Å². The van der Waals surface area contributed by atoms with E-state index in [-0.39, 0.29) is 5.41 Å². The number of carbonyl (C=O) groups is 1. The number of esters is 1. The fourth-order valence-electron chi connectivity index (χ4n) is 2.88. The van der Waals surface area contributed by atoms with Crippen molar-refractivity contribution in [1.29, 1.82) is 0 Å². The minimum absolute atomic E-state index is 0.0943. The second-order valence-electron chi connectivity index (χ2n) is 7.91. The molecule has 0 spiro atoms. The van der Waals surface area contributed by atoms with Crippen molar-refractivity contribution in [3.05, 3.63) is 11.1 Å². The maximum absolute atomic E-state index is 11.1. The van der Waals surface area contributed by atoms with Crippen molar-refractivity contribution in [1.82, 2.24) is 0 Å². The number of methoxy groups -OCH3 is 1. The van der Waals surface area contributed by atoms with Crippen molar-refractivity contribution in [2.75, 3.05) is 7.11 Å². The van der Waals surface area contributed by atoms with Crippen LogP contribution in [0.1, 0.15) is 46.5 Å². The number of allylic oxidation sites excluding steroid dienone is 2. The van der Waals surface area contributed by atoms with Gasteiger partial charge in [-0.15, -0.1) is 5.54 Å². The molecule has 0 bridgehead atoms. The van der Waals surface area contributed by atoms with E-state index >= 15 is 0 Å². The lowest BCUT2D eigenvalue weighted by Crippen LogP contribution is -2.19. The maximum Gasteiger partial charge on any atom is 0.384 e. The SMILES string of the molecule is COC(=O)C#CCC[C@@]1(C)CCC(C(C)C)=C1C#C[Si](C)(C)C. The molecule has 1 aliphatic carbocycles. The fraction of sp³-hybridized carbons (Fsp3) is 0.650. The minimum atomic E-state index is -1.39. The molecule has 0 aromatic heterocycles. The molecule has 0 saturated heterocycles. The van der Waals surface area contributed by atoms with Gasteiger partial charge in [0.1, 0.15) is 8.07 Å². The van der Waals surface area contributed by atoms with Crippen molar-refractivity contribution in [3.63, 3.8) is 0 Å². The summed E-state index contributed by atoms with van der Waals surface area (Å²) in [7, 11) is -0.0359. The first-order valence-electron chi connectivity index (χ1n) is 8.42. The first kappa shape index (κ1) is 19.6. The third-order valence-electron chi connectivity index (χ3n) is 4.31. The Morgan fingerprint density at radius 1 is 1.35 bits per heavy atom. The molecular weight excluding hydrogens is 300 g/mol. The number of hydrogen-bond donors (Lipinski definition) is 0. The third-order valence-corrected chi connectivity index (χ3v) is 5.18. The van der Waals surface area contributed by atoms with Gasteiger partial charge in [-0.05, 0) is 25.2 Å². The molecule has 2 nitrogen and oxygen atoms in total. The third kappa shape index (κ3) is 5.92. The van der Waals surface area contributed by atoms with Crippen LogP contribution in [-0.4, -0.2) is 21.2 Å². The molecule has 0 N–H and O–H groups in total. The van der Waals surface area contributed by atoms with Gasteiger partial charge in [0.05, 0.1) is 7.11 Å². The molecule has 0 fully saturated rings. The molecule has 23 heavy (non-hydrogen) atoms. The Balaban J connectivity index is 3.00. The van der Waals surface area contributed by atoms with Crippen LogP contribution in [0.2, 0.25) is 19.6 Å². The second-order valence-corrected chi connectivity index (χ2v) is 12.7. The quantitative estimate of drug-likeness (QED) is 0.328. The predicted octanol–water partition coefficient (Wildman–Crippen LogP) is 4.58. The summed E-state index contributed by atoms with van der Waals surface area (Å²) in [5.41, 5.74) is 6.49. The van der Waals surface area contributed by atoms with Crippen LogP contribution in [-0.2, 0) is 9.53 Å². The van der Waals surface area contributed by atoms with Crippen molar-refractivity contribution < 1.29 is 9.53 Å². The topological polar surface area (TPSA) is 26.3 Å². The zero-order chi connectivity index (χ0) is 17.7. The van der Waals surface area contributed by atoms with Crippen LogP contribution in [0.4, 0.5) is 0 Å². The average molecular weight is 331 g/mol. The van der Waals surface area contributed by atoms with Gasteiger partial charge in [0.25, 0.3) is 0 Å². The smallest absolute Gasteiger partial charge is 0.384 e. The highest BCUT2D eigenvalue weighted by atomic mass is 28.3. The number of ether oxygens (including phenoxy) is 1. The molecule has 1 aliphatic rings. The van der Waals surface area contributed by atoms with Gasteiger partial charge in [-0.25, -0.2) is 4.79 Å². The van der Waals surface area contributed by atoms with E-state index in [1.807, 2.05) is 0 Å². The Labute approximate surface area is 143 Å². The van der Waals surface area contributed by atoms with Crippen LogP contribution in [0, 0.1) is 34.6 Å². The monoisotopic (exact) mass is 330 g/mol. The molecule has 0 amide bonds. The summed E-state index contributed by atoms with van der Waals surface area (Å²) in [5, 5.41) is 0. The van der Waals surface area contributed by atoms with E-state index in [2.05, 4.69) is 68.5 Å². The molecule has 0 aromatic carbocycles. The van der Waals surface area contributed by atoms with E-state index in [9.17, 15) is 4.79 Å². The van der Waals surface area contributed by atoms with Gasteiger partial charge in [-0.2, -0.15) is 0 Å². The van der Waals surface area contributed by atoms with Gasteiger partial charge >= 0.3 is 5.97 Å². The molecule has 1 atom stereocenters. The molecule has 0 heterocycles. The number of hydrogen-bond acceptors (Lipinski definition) is 2. The Hall–Kier alpha value is -1.45. The highest BCUT2D eigenvalue weighted by molar-refractivity contribution is 6.83. The fourth-order valence-corrected chi connectivity index (χ4v) is 3.38. The minimum Gasteiger partial charge on any atom is -0.459 e. The second kappa shape index (κ2) is 7.89. The molecule has 126 valence electrons. The van der Waals surface area contributed by atoms with Gasteiger partial charge in [0, 0.05) is 23.3 Å². The molecule has 0 saturated carbocycles. The largest absolute Gasteiger partial charge is 0.459 e. The van der Waals surface area contributed by atoms with Crippen molar-refractivity contribution in [3.8, 4) is 23.3 Å². The summed E-state index contributed by atoms with van der Waals surface area (Å²) < 4.78 is 4.55. The molecule has 0 radical (unpaired) electrons. The summed E-state index contributed by atoms with van der Waals surface area (Å²) >= 11 is 0. The molecule has 0 unspecified atom stereocenters. The summed E-state index contributed by atoms with van der Waals surface area (Å²) in [4.78, 5) is 11.1. The molecule has 0 aliphatic heterocycles. The van der Waals surface area contributed by atoms with Gasteiger partial charge in [0.2, 0.25) is 0 Å². The van der Waals surface area contributed by atoms with Gasteiger partial charge < -0.3 is 4.74 Å². The number of carbonyl (C=O) groups excluding carboxylic acids is 1. The molecule has 0 aromatic rings. The normalized spacial score (nSPS) is 20.7. The van der Waals surface area contributed by atoms with E-state index in [0.29, 0.717) is 12.3 Å². The zero-order valence-corrected chi connectivity index (χ0v) is 16.7. The van der Waals surface area contributed by atoms with E-state index in [4.69, 9.17) is 0 Å². The Morgan fingerprint density at radius 2 is 2.00 bits per heavy atom. The lowest BCUT2D eigenvalue weighted by molar-refractivity contribution is -0.133. The summed E-state index contributed by atoms with van der Waals surface area (Å²) in [6.45, 7) is 13.7. The van der Waals surface area contributed by atoms with E-state index in [1.54, 1.807) is 0 Å². The standard InChI is InChI=1S/C20H30O2Si/c1-16(2)17-11-14-20(3,13-9-8-10-19(21)22-4)18(17)12-15-23(5,6)7/h16H,9,11,13-14H2,1-7H3/t20-/m0/s1. The summed E-state index contributed by atoms with van der Waals surface area (Å²) in [6, 6.07) is 0. The number of rotatable bonds is 3. The van der Waals surface area contributed by atoms with Crippen LogP contribution in [0.15, 0.2) is 11.1 Å². The van der Waals surface area contributed by atoms with Crippen molar-refractivity contribution in [2.24, 2.45) is 11.3 Å². The summed E-state index contributed by atoms with van der Waals surface area (Å²) in [6.07, 6.45) is 3.92. The zero-order valence-electron chi connectivity index (χ0n) is 15.7. The van der Waals surface area contributed by atoms with Crippen LogP contribution in [0.3, 0.4) is 0 Å². The Morgan fingerprint density at radius 3 is 2.52 bits per heavy atom. The van der Waals surface area contributed by atoms with Crippen LogP contribution >= 0.6 is 0 Å². The van der Waals surface area contributed by atoms with E-state index in [1.165, 1.54) is 18.3 Å². The first-order chi connectivity index (χ1) is 10.6. The van der Waals surface area contributed by atoms with Crippen molar-refractivity contribution in [2.45, 2.75) is 66.1 Å². The van der Waals surface area contributed by atoms with E-state index in [0.717, 1.165) is 19.3 Å². The lowest BCUT2D eigenvalue weighted by atomic mass is 9.79. The highest BCUT2D eigenvalue weighted by Crippen LogP contribution is 2.47. The average Bonchev–Trinajstić information content (AvgIpc) is 2.78. The lowest BCUT2D eigenvalue weighted by Gasteiger charge is -2.25. The molecule has 3 heteroatoms. The highest BCUT2D eigenvalue weighted by Gasteiger charge is 2.36. The van der Waals surface area contributed by atoms with Gasteiger partial charge in [0.15, 0.2) is 0 Å². The van der Waals surface area contributed by atoms with Crippen molar-refractivity contribution >= 4 is 14.0 Å². The first-order valence-corrected chi connectivity index (χ1v) is 11.9. The van der Waals surface area contributed by atoms with Gasteiger partial charge in [-0.1, -0.05) is 57.8 Å². The maximum atomic E-state index is 11.1. The Kier molecular flexibility index (Phi) is 6.72. The van der Waals surface area contributed by atoms with Crippen LogP contribution in [0.5, 0.6) is 0 Å².